The van der Waals surface area contributed by atoms with Crippen molar-refractivity contribution in [1.82, 2.24) is 0 Å². The van der Waals surface area contributed by atoms with Gasteiger partial charge < -0.3 is 9.64 Å². The van der Waals surface area contributed by atoms with Crippen LogP contribution in [-0.2, 0) is 0 Å². The molecule has 7 aromatic rings. The number of ether oxygens (including phenoxy) is 1. The summed E-state index contributed by atoms with van der Waals surface area (Å²) in [6.07, 6.45) is 0. The SMILES string of the molecule is Clc1cccc(Oc2ccccc2N(c2ccc(-c3ccccc3)cc2)c2cccc3sc4ccccc4c23)c1. The summed E-state index contributed by atoms with van der Waals surface area (Å²) in [5.41, 5.74) is 5.45. The molecule has 6 aromatic carbocycles. The number of para-hydroxylation sites is 2. The molecule has 0 atom stereocenters. The number of hydrogen-bond acceptors (Lipinski definition) is 3. The molecule has 1 heterocycles. The average molecular weight is 554 g/mol. The molecule has 192 valence electrons. The third-order valence-electron chi connectivity index (χ3n) is 6.98. The minimum atomic E-state index is 0.637. The molecule has 7 rings (SSSR count). The third kappa shape index (κ3) is 4.60. The van der Waals surface area contributed by atoms with E-state index in [0.29, 0.717) is 10.8 Å². The van der Waals surface area contributed by atoms with Crippen LogP contribution in [0.25, 0.3) is 31.3 Å². The van der Waals surface area contributed by atoms with Crippen LogP contribution >= 0.6 is 22.9 Å². The molecular formula is C36H24ClNOS. The summed E-state index contributed by atoms with van der Waals surface area (Å²) in [6, 6.07) is 50.0. The van der Waals surface area contributed by atoms with Crippen molar-refractivity contribution in [2.24, 2.45) is 0 Å². The summed E-state index contributed by atoms with van der Waals surface area (Å²) in [6.45, 7) is 0. The molecule has 0 saturated heterocycles. The van der Waals surface area contributed by atoms with Gasteiger partial charge in [-0.25, -0.2) is 0 Å². The van der Waals surface area contributed by atoms with Crippen molar-refractivity contribution in [3.8, 4) is 22.6 Å². The number of benzene rings is 6. The molecule has 0 aliphatic heterocycles. The van der Waals surface area contributed by atoms with Crippen LogP contribution in [0.5, 0.6) is 11.5 Å². The standard InChI is InChI=1S/C36H24ClNOS/c37-27-12-8-13-29(24-27)39-33-17-6-5-15-31(33)38(28-22-20-26(21-23-28)25-10-2-1-3-11-25)32-16-9-19-35-36(32)30-14-4-7-18-34(30)40-35/h1-24H. The van der Waals surface area contributed by atoms with Gasteiger partial charge in [-0.1, -0.05) is 96.5 Å². The highest BCUT2D eigenvalue weighted by Crippen LogP contribution is 2.47. The first kappa shape index (κ1) is 24.5. The highest BCUT2D eigenvalue weighted by atomic mass is 35.5. The first-order chi connectivity index (χ1) is 19.7. The molecule has 0 aliphatic carbocycles. The van der Waals surface area contributed by atoms with E-state index in [2.05, 4.69) is 108 Å². The van der Waals surface area contributed by atoms with E-state index in [1.165, 1.54) is 31.3 Å². The van der Waals surface area contributed by atoms with Crippen LogP contribution < -0.4 is 9.64 Å². The predicted molar refractivity (Wildman–Crippen MR) is 171 cm³/mol. The van der Waals surface area contributed by atoms with Crippen LogP contribution in [0.4, 0.5) is 17.1 Å². The maximum absolute atomic E-state index is 6.46. The lowest BCUT2D eigenvalue weighted by atomic mass is 10.0. The van der Waals surface area contributed by atoms with Crippen LogP contribution in [0.1, 0.15) is 0 Å². The summed E-state index contributed by atoms with van der Waals surface area (Å²) >= 11 is 8.11. The monoisotopic (exact) mass is 553 g/mol. The van der Waals surface area contributed by atoms with Gasteiger partial charge in [-0.3, -0.25) is 0 Å². The quantitative estimate of drug-likeness (QED) is 0.203. The van der Waals surface area contributed by atoms with Crippen molar-refractivity contribution in [3.05, 3.63) is 151 Å². The van der Waals surface area contributed by atoms with Gasteiger partial charge >= 0.3 is 0 Å². The van der Waals surface area contributed by atoms with Crippen molar-refractivity contribution >= 4 is 60.2 Å². The van der Waals surface area contributed by atoms with Crippen LogP contribution in [0.15, 0.2) is 146 Å². The number of halogens is 1. The zero-order valence-corrected chi connectivity index (χ0v) is 23.1. The Balaban J connectivity index is 1.44. The minimum absolute atomic E-state index is 0.637. The Morgan fingerprint density at radius 1 is 0.550 bits per heavy atom. The van der Waals surface area contributed by atoms with E-state index >= 15 is 0 Å². The number of rotatable bonds is 6. The molecule has 0 bridgehead atoms. The van der Waals surface area contributed by atoms with Gasteiger partial charge in [-0.15, -0.1) is 11.3 Å². The second-order valence-corrected chi connectivity index (χ2v) is 11.0. The molecule has 0 radical (unpaired) electrons. The van der Waals surface area contributed by atoms with Crippen LogP contribution in [-0.4, -0.2) is 0 Å². The number of hydrogen-bond donors (Lipinski definition) is 0. The lowest BCUT2D eigenvalue weighted by Gasteiger charge is -2.28. The fraction of sp³-hybridized carbons (Fsp3) is 0. The van der Waals surface area contributed by atoms with Gasteiger partial charge in [0.05, 0.1) is 11.4 Å². The summed E-state index contributed by atoms with van der Waals surface area (Å²) < 4.78 is 8.98. The Hall–Kier alpha value is -4.57. The smallest absolute Gasteiger partial charge is 0.151 e. The second kappa shape index (κ2) is 10.5. The molecule has 0 amide bonds. The molecule has 1 aromatic heterocycles. The van der Waals surface area contributed by atoms with Gasteiger partial charge in [0, 0.05) is 30.9 Å². The van der Waals surface area contributed by atoms with Crippen molar-refractivity contribution < 1.29 is 4.74 Å². The molecular weight excluding hydrogens is 530 g/mol. The zero-order chi connectivity index (χ0) is 26.9. The number of anilines is 3. The van der Waals surface area contributed by atoms with Gasteiger partial charge in [-0.2, -0.15) is 0 Å². The number of nitrogens with zero attached hydrogens (tertiary/aromatic N) is 1. The number of fused-ring (bicyclic) bond motifs is 3. The first-order valence-electron chi connectivity index (χ1n) is 13.1. The molecule has 0 spiro atoms. The average Bonchev–Trinajstić information content (AvgIpc) is 3.39. The van der Waals surface area contributed by atoms with E-state index < -0.39 is 0 Å². The number of thiophene rings is 1. The van der Waals surface area contributed by atoms with Crippen molar-refractivity contribution in [3.63, 3.8) is 0 Å². The Bertz CT molecular complexity index is 1950. The Morgan fingerprint density at radius 2 is 1.23 bits per heavy atom. The topological polar surface area (TPSA) is 12.5 Å². The van der Waals surface area contributed by atoms with Gasteiger partial charge in [0.2, 0.25) is 0 Å². The van der Waals surface area contributed by atoms with Crippen LogP contribution in [0.2, 0.25) is 5.02 Å². The first-order valence-corrected chi connectivity index (χ1v) is 14.3. The molecule has 0 aliphatic rings. The van der Waals surface area contributed by atoms with Gasteiger partial charge in [0.15, 0.2) is 5.75 Å². The lowest BCUT2D eigenvalue weighted by molar-refractivity contribution is 0.484. The normalized spacial score (nSPS) is 11.1. The molecule has 40 heavy (non-hydrogen) atoms. The summed E-state index contributed by atoms with van der Waals surface area (Å²) in [5, 5.41) is 3.11. The minimum Gasteiger partial charge on any atom is -0.455 e. The summed E-state index contributed by atoms with van der Waals surface area (Å²) in [4.78, 5) is 2.30. The summed E-state index contributed by atoms with van der Waals surface area (Å²) in [5.74, 6) is 1.44. The van der Waals surface area contributed by atoms with Crippen LogP contribution in [0.3, 0.4) is 0 Å². The Morgan fingerprint density at radius 3 is 2.08 bits per heavy atom. The predicted octanol–water partition coefficient (Wildman–Crippen LogP) is 11.6. The third-order valence-corrected chi connectivity index (χ3v) is 8.36. The highest BCUT2D eigenvalue weighted by Gasteiger charge is 2.21. The van der Waals surface area contributed by atoms with E-state index in [1.54, 1.807) is 0 Å². The Labute approximate surface area is 242 Å². The maximum atomic E-state index is 6.46. The fourth-order valence-corrected chi connectivity index (χ4v) is 6.48. The zero-order valence-electron chi connectivity index (χ0n) is 21.5. The molecule has 0 fully saturated rings. The largest absolute Gasteiger partial charge is 0.455 e. The summed E-state index contributed by atoms with van der Waals surface area (Å²) in [7, 11) is 0. The van der Waals surface area contributed by atoms with E-state index in [0.717, 1.165) is 22.8 Å². The van der Waals surface area contributed by atoms with E-state index in [9.17, 15) is 0 Å². The van der Waals surface area contributed by atoms with Crippen molar-refractivity contribution in [1.29, 1.82) is 0 Å². The fourth-order valence-electron chi connectivity index (χ4n) is 5.17. The van der Waals surface area contributed by atoms with Gasteiger partial charge in [0.1, 0.15) is 5.75 Å². The highest BCUT2D eigenvalue weighted by molar-refractivity contribution is 7.26. The van der Waals surface area contributed by atoms with E-state index in [1.807, 2.05) is 53.8 Å². The molecule has 4 heteroatoms. The van der Waals surface area contributed by atoms with Gasteiger partial charge in [0.25, 0.3) is 0 Å². The van der Waals surface area contributed by atoms with Crippen LogP contribution in [0, 0.1) is 0 Å². The molecule has 0 saturated carbocycles. The van der Waals surface area contributed by atoms with Crippen molar-refractivity contribution in [2.75, 3.05) is 4.90 Å². The molecule has 0 unspecified atom stereocenters. The molecule has 2 nitrogen and oxygen atoms in total. The maximum Gasteiger partial charge on any atom is 0.151 e. The van der Waals surface area contributed by atoms with Crippen molar-refractivity contribution in [2.45, 2.75) is 0 Å². The molecule has 0 N–H and O–H groups in total. The van der Waals surface area contributed by atoms with Gasteiger partial charge in [-0.05, 0) is 71.8 Å². The lowest BCUT2D eigenvalue weighted by Crippen LogP contribution is -2.11. The van der Waals surface area contributed by atoms with E-state index in [4.69, 9.17) is 16.3 Å². The Kier molecular flexibility index (Phi) is 6.45. The second-order valence-electron chi connectivity index (χ2n) is 9.52. The van der Waals surface area contributed by atoms with E-state index in [-0.39, 0.29) is 0 Å².